The van der Waals surface area contributed by atoms with Crippen molar-refractivity contribution in [3.63, 3.8) is 0 Å². The van der Waals surface area contributed by atoms with Crippen molar-refractivity contribution in [3.8, 4) is 0 Å². The molecule has 0 bridgehead atoms. The molecular weight excluding hydrogens is 295 g/mol. The maximum absolute atomic E-state index is 14.1. The standard InChI is InChI=1S/C14H17FN2O5/c1-14(2,3)22-13(19)16(4)11(8-18)9-6-5-7-10(12(9)15)17(20)21/h5-8,11H,1-4H3. The van der Waals surface area contributed by atoms with Crippen LogP contribution in [0.5, 0.6) is 0 Å². The molecule has 0 aromatic heterocycles. The molecule has 7 nitrogen and oxygen atoms in total. The summed E-state index contributed by atoms with van der Waals surface area (Å²) in [4.78, 5) is 34.0. The van der Waals surface area contributed by atoms with E-state index in [-0.39, 0.29) is 5.56 Å². The van der Waals surface area contributed by atoms with Gasteiger partial charge < -0.3 is 9.53 Å². The summed E-state index contributed by atoms with van der Waals surface area (Å²) in [6.45, 7) is 4.92. The van der Waals surface area contributed by atoms with Crippen LogP contribution in [0.1, 0.15) is 32.4 Å². The van der Waals surface area contributed by atoms with Crippen molar-refractivity contribution in [3.05, 3.63) is 39.7 Å². The highest BCUT2D eigenvalue weighted by atomic mass is 19.1. The number of likely N-dealkylation sites (N-methyl/N-ethyl adjacent to an activating group) is 1. The van der Waals surface area contributed by atoms with Crippen LogP contribution in [-0.4, -0.2) is 34.9 Å². The largest absolute Gasteiger partial charge is 0.444 e. The Kier molecular flexibility index (Phi) is 5.19. The van der Waals surface area contributed by atoms with E-state index in [2.05, 4.69) is 0 Å². The molecule has 0 saturated heterocycles. The second-order valence-electron chi connectivity index (χ2n) is 5.61. The first kappa shape index (κ1) is 17.5. The van der Waals surface area contributed by atoms with Crippen LogP contribution >= 0.6 is 0 Å². The molecule has 0 radical (unpaired) electrons. The normalized spacial score (nSPS) is 12.4. The zero-order valence-electron chi connectivity index (χ0n) is 12.7. The van der Waals surface area contributed by atoms with Crippen LogP contribution in [0, 0.1) is 15.9 Å². The van der Waals surface area contributed by atoms with Gasteiger partial charge >= 0.3 is 11.8 Å². The number of benzene rings is 1. The highest BCUT2D eigenvalue weighted by molar-refractivity contribution is 5.75. The minimum Gasteiger partial charge on any atom is -0.444 e. The number of nitrogens with zero attached hydrogens (tertiary/aromatic N) is 2. The third-order valence-corrected chi connectivity index (χ3v) is 2.75. The van der Waals surface area contributed by atoms with Gasteiger partial charge in [0.1, 0.15) is 17.9 Å². The summed E-state index contributed by atoms with van der Waals surface area (Å²) >= 11 is 0. The fourth-order valence-electron chi connectivity index (χ4n) is 1.73. The molecule has 120 valence electrons. The maximum Gasteiger partial charge on any atom is 0.410 e. The number of carbonyl (C=O) groups is 2. The van der Waals surface area contributed by atoms with Gasteiger partial charge in [0.25, 0.3) is 0 Å². The van der Waals surface area contributed by atoms with E-state index in [0.29, 0.717) is 6.29 Å². The molecule has 1 amide bonds. The Balaban J connectivity index is 3.17. The second-order valence-corrected chi connectivity index (χ2v) is 5.61. The molecule has 0 aliphatic heterocycles. The van der Waals surface area contributed by atoms with Gasteiger partial charge in [0, 0.05) is 18.7 Å². The third-order valence-electron chi connectivity index (χ3n) is 2.75. The van der Waals surface area contributed by atoms with Crippen LogP contribution in [0.15, 0.2) is 18.2 Å². The van der Waals surface area contributed by atoms with Crippen molar-refractivity contribution in [2.75, 3.05) is 7.05 Å². The number of nitro groups is 1. The highest BCUT2D eigenvalue weighted by Crippen LogP contribution is 2.27. The Labute approximate surface area is 126 Å². The minimum atomic E-state index is -1.32. The van der Waals surface area contributed by atoms with E-state index in [0.717, 1.165) is 11.0 Å². The third kappa shape index (κ3) is 4.00. The van der Waals surface area contributed by atoms with E-state index in [9.17, 15) is 24.1 Å². The molecule has 1 rings (SSSR count). The van der Waals surface area contributed by atoms with Gasteiger partial charge in [-0.2, -0.15) is 4.39 Å². The number of carbonyl (C=O) groups excluding carboxylic acids is 2. The summed E-state index contributed by atoms with van der Waals surface area (Å²) in [5.41, 5.74) is -1.82. The van der Waals surface area contributed by atoms with Crippen LogP contribution in [0.3, 0.4) is 0 Å². The van der Waals surface area contributed by atoms with Gasteiger partial charge in [-0.15, -0.1) is 0 Å². The van der Waals surface area contributed by atoms with E-state index < -0.39 is 34.2 Å². The summed E-state index contributed by atoms with van der Waals surface area (Å²) in [6, 6.07) is 2.11. The van der Waals surface area contributed by atoms with Crippen molar-refractivity contribution in [1.29, 1.82) is 0 Å². The van der Waals surface area contributed by atoms with Crippen LogP contribution in [0.4, 0.5) is 14.9 Å². The fourth-order valence-corrected chi connectivity index (χ4v) is 1.73. The summed E-state index contributed by atoms with van der Waals surface area (Å²) in [5.74, 6) is -1.15. The molecule has 0 saturated carbocycles. The molecule has 0 aliphatic rings. The zero-order valence-corrected chi connectivity index (χ0v) is 12.7. The molecule has 0 N–H and O–H groups in total. The Morgan fingerprint density at radius 1 is 1.45 bits per heavy atom. The molecule has 1 atom stereocenters. The molecule has 1 aromatic carbocycles. The first-order chi connectivity index (χ1) is 10.1. The second kappa shape index (κ2) is 6.50. The van der Waals surface area contributed by atoms with Crippen LogP contribution in [-0.2, 0) is 9.53 Å². The number of halogens is 1. The average molecular weight is 312 g/mol. The van der Waals surface area contributed by atoms with Gasteiger partial charge in [-0.3, -0.25) is 15.0 Å². The molecule has 8 heteroatoms. The van der Waals surface area contributed by atoms with Gasteiger partial charge in [0.05, 0.1) is 4.92 Å². The summed E-state index contributed by atoms with van der Waals surface area (Å²) in [7, 11) is 1.26. The van der Waals surface area contributed by atoms with Gasteiger partial charge in [-0.1, -0.05) is 12.1 Å². The Morgan fingerprint density at radius 2 is 2.05 bits per heavy atom. The topological polar surface area (TPSA) is 89.8 Å². The number of hydrogen-bond donors (Lipinski definition) is 0. The summed E-state index contributed by atoms with van der Waals surface area (Å²) in [6.07, 6.45) is -0.512. The number of hydrogen-bond acceptors (Lipinski definition) is 5. The predicted molar refractivity (Wildman–Crippen MR) is 75.9 cm³/mol. The molecule has 0 heterocycles. The van der Waals surface area contributed by atoms with E-state index in [4.69, 9.17) is 4.74 Å². The van der Waals surface area contributed by atoms with Crippen molar-refractivity contribution in [2.24, 2.45) is 0 Å². The Hall–Kier alpha value is -2.51. The van der Waals surface area contributed by atoms with Crippen LogP contribution in [0.2, 0.25) is 0 Å². The number of nitro benzene ring substituents is 1. The van der Waals surface area contributed by atoms with Crippen LogP contribution < -0.4 is 0 Å². The van der Waals surface area contributed by atoms with Crippen molar-refractivity contribution in [1.82, 2.24) is 4.90 Å². The molecule has 22 heavy (non-hydrogen) atoms. The lowest BCUT2D eigenvalue weighted by Crippen LogP contribution is -2.37. The first-order valence-corrected chi connectivity index (χ1v) is 6.42. The Morgan fingerprint density at radius 3 is 2.50 bits per heavy atom. The molecule has 0 spiro atoms. The first-order valence-electron chi connectivity index (χ1n) is 6.42. The molecular formula is C14H17FN2O5. The van der Waals surface area contributed by atoms with Gasteiger partial charge in [-0.05, 0) is 20.8 Å². The highest BCUT2D eigenvalue weighted by Gasteiger charge is 2.30. The molecule has 0 aliphatic carbocycles. The van der Waals surface area contributed by atoms with Crippen molar-refractivity contribution >= 4 is 18.1 Å². The summed E-state index contributed by atoms with van der Waals surface area (Å²) in [5, 5.41) is 10.7. The number of amides is 1. The lowest BCUT2D eigenvalue weighted by Gasteiger charge is -2.28. The van der Waals surface area contributed by atoms with Gasteiger partial charge in [0.2, 0.25) is 5.82 Å². The number of rotatable bonds is 4. The van der Waals surface area contributed by atoms with Gasteiger partial charge in [-0.25, -0.2) is 4.79 Å². The van der Waals surface area contributed by atoms with Gasteiger partial charge in [0.15, 0.2) is 0 Å². The fraction of sp³-hybridized carbons (Fsp3) is 0.429. The quantitative estimate of drug-likeness (QED) is 0.484. The van der Waals surface area contributed by atoms with E-state index >= 15 is 0 Å². The van der Waals surface area contributed by atoms with E-state index in [1.165, 1.54) is 19.2 Å². The smallest absolute Gasteiger partial charge is 0.410 e. The lowest BCUT2D eigenvalue weighted by atomic mass is 10.1. The molecule has 1 unspecified atom stereocenters. The van der Waals surface area contributed by atoms with Crippen LogP contribution in [0.25, 0.3) is 0 Å². The summed E-state index contributed by atoms with van der Waals surface area (Å²) < 4.78 is 19.2. The van der Waals surface area contributed by atoms with Crippen molar-refractivity contribution < 1.29 is 23.6 Å². The molecule has 1 aromatic rings. The van der Waals surface area contributed by atoms with E-state index in [1.807, 2.05) is 0 Å². The molecule has 0 fully saturated rings. The minimum absolute atomic E-state index is 0.266. The SMILES string of the molecule is CN(C(=O)OC(C)(C)C)C(C=O)c1cccc([N+](=O)[O-])c1F. The number of ether oxygens (including phenoxy) is 1. The monoisotopic (exact) mass is 312 g/mol. The number of aldehydes is 1. The lowest BCUT2D eigenvalue weighted by molar-refractivity contribution is -0.387. The predicted octanol–water partition coefficient (Wildman–Crippen LogP) is 2.84. The Bertz CT molecular complexity index is 597. The average Bonchev–Trinajstić information content (AvgIpc) is 2.38. The zero-order chi connectivity index (χ0) is 17.1. The maximum atomic E-state index is 14.1. The van der Waals surface area contributed by atoms with Crippen molar-refractivity contribution in [2.45, 2.75) is 32.4 Å². The van der Waals surface area contributed by atoms with E-state index in [1.54, 1.807) is 20.8 Å².